The van der Waals surface area contributed by atoms with Crippen molar-refractivity contribution in [2.24, 2.45) is 0 Å². The fourth-order valence-electron chi connectivity index (χ4n) is 2.21. The Hall–Kier alpha value is -3.09. The second kappa shape index (κ2) is 5.03. The van der Waals surface area contributed by atoms with E-state index in [1.165, 1.54) is 6.33 Å². The van der Waals surface area contributed by atoms with Crippen molar-refractivity contribution in [1.29, 1.82) is 0 Å². The van der Waals surface area contributed by atoms with Gasteiger partial charge in [-0.05, 0) is 18.6 Å². The van der Waals surface area contributed by atoms with Gasteiger partial charge in [0.2, 0.25) is 5.88 Å². The molecule has 0 aliphatic heterocycles. The number of hydrogen-bond donors (Lipinski definition) is 0. The van der Waals surface area contributed by atoms with Crippen molar-refractivity contribution >= 4 is 16.8 Å². The van der Waals surface area contributed by atoms with Gasteiger partial charge in [0.25, 0.3) is 5.78 Å². The predicted molar refractivity (Wildman–Crippen MR) is 79.8 cm³/mol. The summed E-state index contributed by atoms with van der Waals surface area (Å²) in [5.74, 6) is 1.76. The van der Waals surface area contributed by atoms with Crippen LogP contribution in [0.25, 0.3) is 16.8 Å². The van der Waals surface area contributed by atoms with Crippen molar-refractivity contribution in [3.8, 4) is 11.6 Å². The second-order valence-electron chi connectivity index (χ2n) is 4.72. The zero-order chi connectivity index (χ0) is 14.9. The standard InChI is InChI=1S/C15H12N6O/c1-2-10-7-14(21-15(20-10)18-9-19-21)22-11-3-4-12-13(8-11)17-6-5-16-12/h3-9H,2H2,1H3. The van der Waals surface area contributed by atoms with Crippen LogP contribution in [0.3, 0.4) is 0 Å². The van der Waals surface area contributed by atoms with Crippen molar-refractivity contribution in [2.45, 2.75) is 13.3 Å². The van der Waals surface area contributed by atoms with Crippen LogP contribution in [0.4, 0.5) is 0 Å². The molecular weight excluding hydrogens is 280 g/mol. The van der Waals surface area contributed by atoms with Crippen molar-refractivity contribution in [2.75, 3.05) is 0 Å². The predicted octanol–water partition coefficient (Wildman–Crippen LogP) is 2.42. The third-order valence-corrected chi connectivity index (χ3v) is 3.30. The molecule has 0 unspecified atom stereocenters. The number of ether oxygens (including phenoxy) is 1. The summed E-state index contributed by atoms with van der Waals surface area (Å²) in [5.41, 5.74) is 2.50. The summed E-state index contributed by atoms with van der Waals surface area (Å²) in [5, 5.41) is 4.14. The maximum absolute atomic E-state index is 5.95. The van der Waals surface area contributed by atoms with Gasteiger partial charge in [0.05, 0.1) is 11.0 Å². The summed E-state index contributed by atoms with van der Waals surface area (Å²) >= 11 is 0. The largest absolute Gasteiger partial charge is 0.439 e. The monoisotopic (exact) mass is 292 g/mol. The molecular formula is C15H12N6O. The van der Waals surface area contributed by atoms with Gasteiger partial charge in [-0.1, -0.05) is 6.92 Å². The molecule has 3 aromatic heterocycles. The number of hydrogen-bond acceptors (Lipinski definition) is 6. The average molecular weight is 292 g/mol. The van der Waals surface area contributed by atoms with E-state index in [1.54, 1.807) is 16.9 Å². The van der Waals surface area contributed by atoms with Crippen LogP contribution in [0.1, 0.15) is 12.6 Å². The molecule has 0 fully saturated rings. The molecule has 0 saturated heterocycles. The highest BCUT2D eigenvalue weighted by atomic mass is 16.5. The van der Waals surface area contributed by atoms with E-state index in [4.69, 9.17) is 4.74 Å². The van der Waals surface area contributed by atoms with Crippen LogP contribution in [0, 0.1) is 0 Å². The summed E-state index contributed by atoms with van der Waals surface area (Å²) in [4.78, 5) is 17.0. The Morgan fingerprint density at radius 3 is 2.77 bits per heavy atom. The normalized spacial score (nSPS) is 11.1. The Labute approximate surface area is 125 Å². The summed E-state index contributed by atoms with van der Waals surface area (Å²) in [6, 6.07) is 7.43. The lowest BCUT2D eigenvalue weighted by atomic mass is 10.3. The molecule has 0 spiro atoms. The van der Waals surface area contributed by atoms with Gasteiger partial charge >= 0.3 is 0 Å². The molecule has 0 saturated carbocycles. The van der Waals surface area contributed by atoms with E-state index in [9.17, 15) is 0 Å². The van der Waals surface area contributed by atoms with E-state index >= 15 is 0 Å². The van der Waals surface area contributed by atoms with Crippen LogP contribution < -0.4 is 4.74 Å². The molecule has 4 aromatic rings. The quantitative estimate of drug-likeness (QED) is 0.577. The van der Waals surface area contributed by atoms with Gasteiger partial charge in [-0.15, -0.1) is 0 Å². The average Bonchev–Trinajstić information content (AvgIpc) is 3.03. The van der Waals surface area contributed by atoms with Gasteiger partial charge in [-0.25, -0.2) is 4.98 Å². The minimum atomic E-state index is 0.523. The summed E-state index contributed by atoms with van der Waals surface area (Å²) < 4.78 is 7.52. The van der Waals surface area contributed by atoms with E-state index in [0.29, 0.717) is 17.4 Å². The van der Waals surface area contributed by atoms with Gasteiger partial charge in [0.1, 0.15) is 12.1 Å². The van der Waals surface area contributed by atoms with Crippen LogP contribution in [0.2, 0.25) is 0 Å². The molecule has 0 amide bonds. The molecule has 0 atom stereocenters. The van der Waals surface area contributed by atoms with E-state index in [-0.39, 0.29) is 0 Å². The number of fused-ring (bicyclic) bond motifs is 2. The van der Waals surface area contributed by atoms with Crippen molar-refractivity contribution in [3.05, 3.63) is 48.7 Å². The van der Waals surface area contributed by atoms with E-state index in [2.05, 4.69) is 25.0 Å². The highest BCUT2D eigenvalue weighted by Gasteiger charge is 2.09. The van der Waals surface area contributed by atoms with E-state index in [1.807, 2.05) is 31.2 Å². The fraction of sp³-hybridized carbons (Fsp3) is 0.133. The Morgan fingerprint density at radius 1 is 1.05 bits per heavy atom. The highest BCUT2D eigenvalue weighted by Crippen LogP contribution is 2.24. The Bertz CT molecular complexity index is 964. The molecule has 0 aliphatic rings. The molecule has 0 bridgehead atoms. The Morgan fingerprint density at radius 2 is 1.91 bits per heavy atom. The topological polar surface area (TPSA) is 78.1 Å². The first-order valence-electron chi connectivity index (χ1n) is 6.92. The van der Waals surface area contributed by atoms with Crippen molar-refractivity contribution in [3.63, 3.8) is 0 Å². The second-order valence-corrected chi connectivity index (χ2v) is 4.72. The van der Waals surface area contributed by atoms with Gasteiger partial charge in [-0.3, -0.25) is 9.97 Å². The van der Waals surface area contributed by atoms with Gasteiger partial charge < -0.3 is 4.74 Å². The third-order valence-electron chi connectivity index (χ3n) is 3.30. The first-order valence-corrected chi connectivity index (χ1v) is 6.92. The molecule has 4 rings (SSSR count). The van der Waals surface area contributed by atoms with Crippen LogP contribution in [-0.4, -0.2) is 29.5 Å². The molecule has 1 aromatic carbocycles. The molecule has 3 heterocycles. The van der Waals surface area contributed by atoms with E-state index in [0.717, 1.165) is 23.1 Å². The Balaban J connectivity index is 1.79. The van der Waals surface area contributed by atoms with Gasteiger partial charge in [-0.2, -0.15) is 14.6 Å². The number of benzene rings is 1. The minimum absolute atomic E-state index is 0.523. The molecule has 0 aliphatic carbocycles. The first kappa shape index (κ1) is 12.6. The number of aromatic nitrogens is 6. The molecule has 0 radical (unpaired) electrons. The Kier molecular flexibility index (Phi) is 2.89. The van der Waals surface area contributed by atoms with Gasteiger partial charge in [0.15, 0.2) is 0 Å². The van der Waals surface area contributed by atoms with Crippen LogP contribution >= 0.6 is 0 Å². The molecule has 22 heavy (non-hydrogen) atoms. The summed E-state index contributed by atoms with van der Waals surface area (Å²) in [6.07, 6.45) is 5.57. The van der Waals surface area contributed by atoms with E-state index < -0.39 is 0 Å². The lowest BCUT2D eigenvalue weighted by Crippen LogP contribution is -2.00. The summed E-state index contributed by atoms with van der Waals surface area (Å²) in [6.45, 7) is 2.03. The lowest BCUT2D eigenvalue weighted by Gasteiger charge is -2.08. The first-order chi connectivity index (χ1) is 10.8. The molecule has 108 valence electrons. The number of rotatable bonds is 3. The molecule has 0 N–H and O–H groups in total. The summed E-state index contributed by atoms with van der Waals surface area (Å²) in [7, 11) is 0. The maximum Gasteiger partial charge on any atom is 0.255 e. The molecule has 7 nitrogen and oxygen atoms in total. The minimum Gasteiger partial charge on any atom is -0.439 e. The number of aryl methyl sites for hydroxylation is 1. The van der Waals surface area contributed by atoms with Crippen molar-refractivity contribution < 1.29 is 4.74 Å². The lowest BCUT2D eigenvalue weighted by molar-refractivity contribution is 0.445. The molecule has 7 heteroatoms. The fourth-order valence-corrected chi connectivity index (χ4v) is 2.21. The number of nitrogens with zero attached hydrogens (tertiary/aromatic N) is 6. The maximum atomic E-state index is 5.95. The van der Waals surface area contributed by atoms with Crippen LogP contribution in [0.5, 0.6) is 11.6 Å². The highest BCUT2D eigenvalue weighted by molar-refractivity contribution is 5.75. The SMILES string of the molecule is CCc1cc(Oc2ccc3nccnc3c2)n2ncnc2n1. The zero-order valence-corrected chi connectivity index (χ0v) is 11.8. The third kappa shape index (κ3) is 2.12. The van der Waals surface area contributed by atoms with Crippen LogP contribution in [-0.2, 0) is 6.42 Å². The van der Waals surface area contributed by atoms with Crippen molar-refractivity contribution in [1.82, 2.24) is 29.5 Å². The van der Waals surface area contributed by atoms with Crippen LogP contribution in [0.15, 0.2) is 43.0 Å². The van der Waals surface area contributed by atoms with Gasteiger partial charge in [0, 0.05) is 30.2 Å². The smallest absolute Gasteiger partial charge is 0.255 e. The zero-order valence-electron chi connectivity index (χ0n) is 11.8.